The van der Waals surface area contributed by atoms with Crippen LogP contribution in [0.25, 0.3) is 0 Å². The van der Waals surface area contributed by atoms with Gasteiger partial charge in [0.2, 0.25) is 0 Å². The Morgan fingerprint density at radius 3 is 0.649 bits per heavy atom. The molecule has 0 fully saturated rings. The average Bonchev–Trinajstić information content (AvgIpc) is 3.43. The lowest BCUT2D eigenvalue weighted by atomic mass is 10.0. The second-order valence-electron chi connectivity index (χ2n) is 24.2. The molecule has 0 saturated carbocycles. The molecule has 0 aliphatic heterocycles. The summed E-state index contributed by atoms with van der Waals surface area (Å²) in [5.74, 6) is -0.826. The van der Waals surface area contributed by atoms with Gasteiger partial charge in [-0.15, -0.1) is 0 Å². The van der Waals surface area contributed by atoms with E-state index in [9.17, 15) is 14.4 Å². The first-order chi connectivity index (χ1) is 38.0. The van der Waals surface area contributed by atoms with Crippen molar-refractivity contribution in [3.63, 3.8) is 0 Å². The van der Waals surface area contributed by atoms with E-state index in [2.05, 4.69) is 32.9 Å². The predicted molar refractivity (Wildman–Crippen MR) is 335 cm³/mol. The van der Waals surface area contributed by atoms with Crippen LogP contribution in [0.4, 0.5) is 0 Å². The normalized spacial score (nSPS) is 12.0. The van der Waals surface area contributed by atoms with E-state index in [1.54, 1.807) is 0 Å². The Labute approximate surface area is 481 Å². The summed E-state index contributed by atoms with van der Waals surface area (Å²) in [5, 5.41) is 0. The zero-order valence-corrected chi connectivity index (χ0v) is 52.5. The molecular formula is C71H136O6. The fourth-order valence-corrected chi connectivity index (χ4v) is 11.0. The van der Waals surface area contributed by atoms with Gasteiger partial charge >= 0.3 is 17.9 Å². The van der Waals surface area contributed by atoms with Crippen LogP contribution in [-0.4, -0.2) is 37.2 Å². The van der Waals surface area contributed by atoms with Crippen LogP contribution in [0.3, 0.4) is 0 Å². The first kappa shape index (κ1) is 75.2. The van der Waals surface area contributed by atoms with Crippen LogP contribution in [0.5, 0.6) is 0 Å². The Morgan fingerprint density at radius 2 is 0.429 bits per heavy atom. The molecule has 6 nitrogen and oxygen atoms in total. The highest BCUT2D eigenvalue weighted by atomic mass is 16.6. The molecule has 0 aromatic carbocycles. The highest BCUT2D eigenvalue weighted by molar-refractivity contribution is 5.71. The monoisotopic (exact) mass is 1090 g/mol. The lowest BCUT2D eigenvalue weighted by molar-refractivity contribution is -0.167. The molecule has 0 aromatic rings. The molecule has 0 aromatic heterocycles. The second kappa shape index (κ2) is 66.7. The molecule has 0 heterocycles. The maximum atomic E-state index is 12.9. The molecule has 77 heavy (non-hydrogen) atoms. The van der Waals surface area contributed by atoms with Crippen LogP contribution >= 0.6 is 0 Å². The van der Waals surface area contributed by atoms with E-state index in [1.165, 1.54) is 308 Å². The Morgan fingerprint density at radius 1 is 0.247 bits per heavy atom. The lowest BCUT2D eigenvalue weighted by Crippen LogP contribution is -2.30. The summed E-state index contributed by atoms with van der Waals surface area (Å²) in [4.78, 5) is 38.4. The van der Waals surface area contributed by atoms with Gasteiger partial charge in [-0.3, -0.25) is 14.4 Å². The number of esters is 3. The third kappa shape index (κ3) is 64.9. The zero-order chi connectivity index (χ0) is 55.7. The van der Waals surface area contributed by atoms with Gasteiger partial charge in [-0.1, -0.05) is 354 Å². The van der Waals surface area contributed by atoms with Crippen LogP contribution in [0.15, 0.2) is 12.2 Å². The number of unbranched alkanes of at least 4 members (excludes halogenated alkanes) is 53. The van der Waals surface area contributed by atoms with Crippen LogP contribution < -0.4 is 0 Å². The number of allylic oxidation sites excluding steroid dienone is 2. The summed E-state index contributed by atoms with van der Waals surface area (Å²) in [7, 11) is 0. The first-order valence-electron chi connectivity index (χ1n) is 35.2. The molecule has 0 saturated heterocycles. The fraction of sp³-hybridized carbons (Fsp3) is 0.930. The van der Waals surface area contributed by atoms with Gasteiger partial charge in [-0.05, 0) is 44.9 Å². The molecule has 456 valence electrons. The maximum absolute atomic E-state index is 12.9. The maximum Gasteiger partial charge on any atom is 0.306 e. The molecule has 0 amide bonds. The molecule has 0 rings (SSSR count). The lowest BCUT2D eigenvalue weighted by Gasteiger charge is -2.18. The van der Waals surface area contributed by atoms with Crippen molar-refractivity contribution in [2.24, 2.45) is 0 Å². The number of rotatable bonds is 66. The number of ether oxygens (including phenoxy) is 3. The Hall–Kier alpha value is -1.85. The van der Waals surface area contributed by atoms with Gasteiger partial charge in [0.05, 0.1) is 0 Å². The minimum absolute atomic E-state index is 0.0622. The minimum atomic E-state index is -0.765. The standard InChI is InChI=1S/C71H136O6/c1-4-7-10-13-16-19-22-25-28-30-32-33-34-35-36-37-38-39-40-42-43-46-49-52-55-58-61-64-70(73)76-67-68(66-75-69(72)63-60-57-54-51-48-45-27-24-21-18-15-12-9-6-3)77-71(74)65-62-59-56-53-50-47-44-41-31-29-26-23-20-17-14-11-8-5-2/h30,32,68H,4-29,31,33-67H2,1-3H3/b32-30-. The molecule has 0 aliphatic carbocycles. The molecule has 0 bridgehead atoms. The summed E-state index contributed by atoms with van der Waals surface area (Å²) in [6, 6.07) is 0. The van der Waals surface area contributed by atoms with Gasteiger partial charge in [-0.2, -0.15) is 0 Å². The summed E-state index contributed by atoms with van der Waals surface area (Å²) in [5.41, 5.74) is 0. The van der Waals surface area contributed by atoms with E-state index >= 15 is 0 Å². The molecule has 0 N–H and O–H groups in total. The van der Waals surface area contributed by atoms with Crippen molar-refractivity contribution in [3.05, 3.63) is 12.2 Å². The van der Waals surface area contributed by atoms with Crippen LogP contribution in [-0.2, 0) is 28.6 Å². The number of carbonyl (C=O) groups excluding carboxylic acids is 3. The van der Waals surface area contributed by atoms with E-state index in [-0.39, 0.29) is 31.1 Å². The van der Waals surface area contributed by atoms with Gasteiger partial charge in [0.1, 0.15) is 13.2 Å². The largest absolute Gasteiger partial charge is 0.462 e. The first-order valence-corrected chi connectivity index (χ1v) is 35.2. The fourth-order valence-electron chi connectivity index (χ4n) is 11.0. The number of hydrogen-bond acceptors (Lipinski definition) is 6. The van der Waals surface area contributed by atoms with Crippen molar-refractivity contribution >= 4 is 17.9 Å². The second-order valence-corrected chi connectivity index (χ2v) is 24.2. The summed E-state index contributed by atoms with van der Waals surface area (Å²) in [6.45, 7) is 6.73. The quantitative estimate of drug-likeness (QED) is 0.0261. The third-order valence-corrected chi connectivity index (χ3v) is 16.3. The average molecular weight is 1090 g/mol. The Balaban J connectivity index is 4.19. The van der Waals surface area contributed by atoms with Crippen molar-refractivity contribution in [1.29, 1.82) is 0 Å². The minimum Gasteiger partial charge on any atom is -0.462 e. The number of hydrogen-bond donors (Lipinski definition) is 0. The number of carbonyl (C=O) groups is 3. The Kier molecular flexibility index (Phi) is 65.1. The topological polar surface area (TPSA) is 78.9 Å². The molecule has 1 atom stereocenters. The van der Waals surface area contributed by atoms with E-state index in [1.807, 2.05) is 0 Å². The van der Waals surface area contributed by atoms with Crippen LogP contribution in [0.2, 0.25) is 0 Å². The Bertz CT molecular complexity index is 1200. The van der Waals surface area contributed by atoms with Gasteiger partial charge < -0.3 is 14.2 Å². The van der Waals surface area contributed by atoms with Gasteiger partial charge in [0, 0.05) is 19.3 Å². The smallest absolute Gasteiger partial charge is 0.306 e. The van der Waals surface area contributed by atoms with Crippen molar-refractivity contribution in [1.82, 2.24) is 0 Å². The SMILES string of the molecule is CCCCCCCCCC/C=C\CCCCCCCCCCCCCCCCCC(=O)OCC(COC(=O)CCCCCCCCCCCCCCCC)OC(=O)CCCCCCCCCCCCCCCCCCCC. The van der Waals surface area contributed by atoms with E-state index in [0.717, 1.165) is 57.8 Å². The van der Waals surface area contributed by atoms with E-state index in [0.29, 0.717) is 19.3 Å². The predicted octanol–water partition coefficient (Wildman–Crippen LogP) is 24.0. The van der Waals surface area contributed by atoms with E-state index in [4.69, 9.17) is 14.2 Å². The molecule has 0 aliphatic rings. The van der Waals surface area contributed by atoms with Crippen molar-refractivity contribution in [2.75, 3.05) is 13.2 Å². The molecule has 1 unspecified atom stereocenters. The third-order valence-electron chi connectivity index (χ3n) is 16.3. The van der Waals surface area contributed by atoms with Gasteiger partial charge in [0.25, 0.3) is 0 Å². The van der Waals surface area contributed by atoms with Crippen molar-refractivity contribution in [2.45, 2.75) is 412 Å². The van der Waals surface area contributed by atoms with E-state index < -0.39 is 6.10 Å². The summed E-state index contributed by atoms with van der Waals surface area (Å²) >= 11 is 0. The molecule has 6 heteroatoms. The summed E-state index contributed by atoms with van der Waals surface area (Å²) in [6.07, 6.45) is 79.5. The zero-order valence-electron chi connectivity index (χ0n) is 52.5. The van der Waals surface area contributed by atoms with Crippen molar-refractivity contribution < 1.29 is 28.6 Å². The summed E-state index contributed by atoms with van der Waals surface area (Å²) < 4.78 is 17.0. The van der Waals surface area contributed by atoms with Gasteiger partial charge in [0.15, 0.2) is 6.10 Å². The highest BCUT2D eigenvalue weighted by Gasteiger charge is 2.19. The molecular weight excluding hydrogens is 949 g/mol. The van der Waals surface area contributed by atoms with Crippen LogP contribution in [0.1, 0.15) is 406 Å². The molecule has 0 spiro atoms. The highest BCUT2D eigenvalue weighted by Crippen LogP contribution is 2.19. The van der Waals surface area contributed by atoms with Crippen molar-refractivity contribution in [3.8, 4) is 0 Å². The van der Waals surface area contributed by atoms with Crippen LogP contribution in [0, 0.1) is 0 Å². The van der Waals surface area contributed by atoms with Gasteiger partial charge in [-0.25, -0.2) is 0 Å². The molecule has 0 radical (unpaired) electrons.